The molecular weight excluding hydrogens is 210 g/mol. The molecule has 92 valence electrons. The van der Waals surface area contributed by atoms with Gasteiger partial charge in [-0.2, -0.15) is 4.98 Å². The van der Waals surface area contributed by atoms with Crippen molar-refractivity contribution in [2.75, 3.05) is 19.7 Å². The number of hydrogen-bond donors (Lipinski definition) is 2. The first-order chi connectivity index (χ1) is 7.68. The number of aliphatic hydroxyl groups is 1. The molecule has 0 aromatic carbocycles. The smallest absolute Gasteiger partial charge is 0.227 e. The summed E-state index contributed by atoms with van der Waals surface area (Å²) < 4.78 is 10.1. The molecule has 6 heteroatoms. The van der Waals surface area contributed by atoms with Gasteiger partial charge in [0.2, 0.25) is 5.89 Å². The SMILES string of the molecule is CC(C)OCC(O)CNCCc1ncno1. The average Bonchev–Trinajstić information content (AvgIpc) is 2.74. The minimum absolute atomic E-state index is 0.146. The highest BCUT2D eigenvalue weighted by molar-refractivity contribution is 4.75. The zero-order valence-corrected chi connectivity index (χ0v) is 9.72. The Balaban J connectivity index is 1.98. The topological polar surface area (TPSA) is 80.4 Å². The van der Waals surface area contributed by atoms with Crippen LogP contribution < -0.4 is 5.32 Å². The molecule has 0 aliphatic rings. The van der Waals surface area contributed by atoms with Crippen LogP contribution in [0.25, 0.3) is 0 Å². The van der Waals surface area contributed by atoms with Gasteiger partial charge in [-0.25, -0.2) is 0 Å². The van der Waals surface area contributed by atoms with Crippen LogP contribution in [0.3, 0.4) is 0 Å². The Bertz CT molecular complexity index is 264. The summed E-state index contributed by atoms with van der Waals surface area (Å²) in [6.45, 7) is 5.43. The Hall–Kier alpha value is -0.980. The third-order valence-electron chi connectivity index (χ3n) is 1.92. The van der Waals surface area contributed by atoms with E-state index in [1.807, 2.05) is 13.8 Å². The summed E-state index contributed by atoms with van der Waals surface area (Å²) in [7, 11) is 0. The third-order valence-corrected chi connectivity index (χ3v) is 1.92. The zero-order chi connectivity index (χ0) is 11.8. The number of aromatic nitrogens is 2. The molecule has 2 N–H and O–H groups in total. The van der Waals surface area contributed by atoms with Gasteiger partial charge in [-0.05, 0) is 13.8 Å². The minimum Gasteiger partial charge on any atom is -0.389 e. The monoisotopic (exact) mass is 229 g/mol. The minimum atomic E-state index is -0.481. The van der Waals surface area contributed by atoms with Gasteiger partial charge in [0, 0.05) is 19.5 Å². The molecule has 0 saturated heterocycles. The van der Waals surface area contributed by atoms with Crippen molar-refractivity contribution in [1.82, 2.24) is 15.5 Å². The Labute approximate surface area is 95.0 Å². The van der Waals surface area contributed by atoms with Crippen LogP contribution in [0.1, 0.15) is 19.7 Å². The summed E-state index contributed by atoms with van der Waals surface area (Å²) in [6.07, 6.45) is 1.71. The van der Waals surface area contributed by atoms with E-state index in [9.17, 15) is 5.11 Å². The Morgan fingerprint density at radius 3 is 3.00 bits per heavy atom. The first-order valence-electron chi connectivity index (χ1n) is 5.44. The molecule has 6 nitrogen and oxygen atoms in total. The fourth-order valence-electron chi connectivity index (χ4n) is 1.13. The molecule has 0 bridgehead atoms. The van der Waals surface area contributed by atoms with Crippen molar-refractivity contribution in [2.24, 2.45) is 0 Å². The van der Waals surface area contributed by atoms with E-state index in [-0.39, 0.29) is 6.10 Å². The molecule has 0 aliphatic heterocycles. The van der Waals surface area contributed by atoms with Crippen molar-refractivity contribution in [3.8, 4) is 0 Å². The van der Waals surface area contributed by atoms with Crippen LogP contribution in [-0.4, -0.2) is 47.2 Å². The second kappa shape index (κ2) is 7.32. The van der Waals surface area contributed by atoms with E-state index in [1.54, 1.807) is 0 Å². The highest BCUT2D eigenvalue weighted by Crippen LogP contribution is 1.92. The van der Waals surface area contributed by atoms with E-state index in [0.29, 0.717) is 32.0 Å². The maximum atomic E-state index is 9.52. The lowest BCUT2D eigenvalue weighted by Crippen LogP contribution is -2.32. The van der Waals surface area contributed by atoms with Gasteiger partial charge in [0.25, 0.3) is 0 Å². The van der Waals surface area contributed by atoms with Crippen molar-refractivity contribution in [2.45, 2.75) is 32.5 Å². The van der Waals surface area contributed by atoms with Crippen molar-refractivity contribution >= 4 is 0 Å². The van der Waals surface area contributed by atoms with E-state index < -0.39 is 6.10 Å². The van der Waals surface area contributed by atoms with Crippen LogP contribution >= 0.6 is 0 Å². The Morgan fingerprint density at radius 2 is 2.38 bits per heavy atom. The summed E-state index contributed by atoms with van der Waals surface area (Å²) in [5.74, 6) is 0.598. The van der Waals surface area contributed by atoms with E-state index in [0.717, 1.165) is 0 Å². The van der Waals surface area contributed by atoms with Crippen molar-refractivity contribution in [3.63, 3.8) is 0 Å². The molecule has 0 fully saturated rings. The van der Waals surface area contributed by atoms with Crippen LogP contribution in [0, 0.1) is 0 Å². The number of nitrogens with zero attached hydrogens (tertiary/aromatic N) is 2. The number of aliphatic hydroxyl groups excluding tert-OH is 1. The summed E-state index contributed by atoms with van der Waals surface area (Å²) in [5.41, 5.74) is 0. The van der Waals surface area contributed by atoms with Gasteiger partial charge < -0.3 is 19.7 Å². The van der Waals surface area contributed by atoms with Crippen LogP contribution in [-0.2, 0) is 11.2 Å². The first-order valence-corrected chi connectivity index (χ1v) is 5.44. The van der Waals surface area contributed by atoms with Crippen LogP contribution in [0.2, 0.25) is 0 Å². The van der Waals surface area contributed by atoms with Crippen molar-refractivity contribution < 1.29 is 14.4 Å². The molecule has 0 radical (unpaired) electrons. The van der Waals surface area contributed by atoms with E-state index in [2.05, 4.69) is 15.5 Å². The van der Waals surface area contributed by atoms with Crippen molar-refractivity contribution in [1.29, 1.82) is 0 Å². The van der Waals surface area contributed by atoms with Gasteiger partial charge in [-0.3, -0.25) is 0 Å². The average molecular weight is 229 g/mol. The number of nitrogens with one attached hydrogen (secondary N) is 1. The molecule has 1 heterocycles. The second-order valence-corrected chi connectivity index (χ2v) is 3.83. The highest BCUT2D eigenvalue weighted by atomic mass is 16.5. The van der Waals surface area contributed by atoms with Gasteiger partial charge in [-0.15, -0.1) is 0 Å². The van der Waals surface area contributed by atoms with Crippen molar-refractivity contribution in [3.05, 3.63) is 12.2 Å². The predicted molar refractivity (Wildman–Crippen MR) is 58.0 cm³/mol. The van der Waals surface area contributed by atoms with Crippen LogP contribution in [0.5, 0.6) is 0 Å². The van der Waals surface area contributed by atoms with E-state index in [1.165, 1.54) is 6.33 Å². The van der Waals surface area contributed by atoms with Gasteiger partial charge in [0.15, 0.2) is 6.33 Å². The molecule has 1 unspecified atom stereocenters. The predicted octanol–water partition coefficient (Wildman–Crippen LogP) is -0.0124. The molecule has 1 atom stereocenters. The molecule has 0 aliphatic carbocycles. The molecule has 1 aromatic heterocycles. The largest absolute Gasteiger partial charge is 0.389 e. The summed E-state index contributed by atoms with van der Waals surface area (Å²) >= 11 is 0. The lowest BCUT2D eigenvalue weighted by molar-refractivity contribution is 0.00648. The Kier molecular flexibility index (Phi) is 5.99. The van der Waals surface area contributed by atoms with Gasteiger partial charge in [-0.1, -0.05) is 5.16 Å². The van der Waals surface area contributed by atoms with Crippen LogP contribution in [0.15, 0.2) is 10.9 Å². The summed E-state index contributed by atoms with van der Waals surface area (Å²) in [4.78, 5) is 3.89. The second-order valence-electron chi connectivity index (χ2n) is 3.83. The first kappa shape index (κ1) is 13.1. The molecule has 0 spiro atoms. The molecule has 16 heavy (non-hydrogen) atoms. The maximum Gasteiger partial charge on any atom is 0.227 e. The van der Waals surface area contributed by atoms with Gasteiger partial charge >= 0.3 is 0 Å². The van der Waals surface area contributed by atoms with Crippen LogP contribution in [0.4, 0.5) is 0 Å². The quantitative estimate of drug-likeness (QED) is 0.610. The normalized spacial score (nSPS) is 13.2. The van der Waals surface area contributed by atoms with E-state index in [4.69, 9.17) is 9.26 Å². The Morgan fingerprint density at radius 1 is 1.56 bits per heavy atom. The summed E-state index contributed by atoms with van der Waals surface area (Å²) in [5, 5.41) is 16.1. The molecule has 0 saturated carbocycles. The summed E-state index contributed by atoms with van der Waals surface area (Å²) in [6, 6.07) is 0. The fourth-order valence-corrected chi connectivity index (χ4v) is 1.13. The third kappa shape index (κ3) is 5.79. The van der Waals surface area contributed by atoms with Gasteiger partial charge in [0.05, 0.1) is 18.8 Å². The number of hydrogen-bond acceptors (Lipinski definition) is 6. The standard InChI is InChI=1S/C10H19N3O3/c1-8(2)15-6-9(14)5-11-4-3-10-12-7-13-16-10/h7-9,11,14H,3-6H2,1-2H3. The maximum absolute atomic E-state index is 9.52. The molecule has 1 rings (SSSR count). The molecule has 1 aromatic rings. The fraction of sp³-hybridized carbons (Fsp3) is 0.800. The van der Waals surface area contributed by atoms with E-state index >= 15 is 0 Å². The lowest BCUT2D eigenvalue weighted by Gasteiger charge is -2.13. The zero-order valence-electron chi connectivity index (χ0n) is 9.72. The number of ether oxygens (including phenoxy) is 1. The molecule has 0 amide bonds. The van der Waals surface area contributed by atoms with Gasteiger partial charge in [0.1, 0.15) is 0 Å². The highest BCUT2D eigenvalue weighted by Gasteiger charge is 2.05. The molecular formula is C10H19N3O3. The number of rotatable bonds is 8. The lowest BCUT2D eigenvalue weighted by atomic mass is 10.3.